The fraction of sp³-hybridized carbons (Fsp3) is 0.316. The van der Waals surface area contributed by atoms with Crippen LogP contribution in [0.25, 0.3) is 0 Å². The van der Waals surface area contributed by atoms with E-state index in [0.717, 1.165) is 10.5 Å². The molecule has 1 amide bonds. The van der Waals surface area contributed by atoms with Gasteiger partial charge in [-0.15, -0.1) is 0 Å². The van der Waals surface area contributed by atoms with E-state index in [1.807, 2.05) is 32.2 Å². The molecule has 1 atom stereocenters. The van der Waals surface area contributed by atoms with Crippen molar-refractivity contribution in [1.82, 2.24) is 0 Å². The highest BCUT2D eigenvalue weighted by molar-refractivity contribution is 6.33. The van der Waals surface area contributed by atoms with E-state index >= 15 is 0 Å². The first kappa shape index (κ1) is 21.5. The molecule has 0 radical (unpaired) electrons. The average molecular weight is 409 g/mol. The number of hydrogen-bond acceptors (Lipinski definition) is 5. The minimum absolute atomic E-state index is 0.122. The van der Waals surface area contributed by atoms with Crippen molar-refractivity contribution in [1.29, 1.82) is 0 Å². The smallest absolute Gasteiger partial charge is 0.279 e. The molecule has 2 N–H and O–H groups in total. The molecule has 0 fully saturated rings. The molecule has 0 spiro atoms. The lowest BCUT2D eigenvalue weighted by Crippen LogP contribution is -3.08. The predicted molar refractivity (Wildman–Crippen MR) is 106 cm³/mol. The number of hydrogen-bond donors (Lipinski definition) is 2. The highest BCUT2D eigenvalue weighted by atomic mass is 35.5. The van der Waals surface area contributed by atoms with Crippen LogP contribution in [0.1, 0.15) is 12.5 Å². The van der Waals surface area contributed by atoms with Crippen molar-refractivity contribution in [3.63, 3.8) is 0 Å². The molecule has 0 saturated heterocycles. The van der Waals surface area contributed by atoms with E-state index in [-0.39, 0.29) is 23.2 Å². The van der Waals surface area contributed by atoms with E-state index in [2.05, 4.69) is 5.32 Å². The van der Waals surface area contributed by atoms with E-state index in [4.69, 9.17) is 21.1 Å². The quantitative estimate of drug-likeness (QED) is 0.490. The molecule has 28 heavy (non-hydrogen) atoms. The highest BCUT2D eigenvalue weighted by Crippen LogP contribution is 2.28. The van der Waals surface area contributed by atoms with Gasteiger partial charge >= 0.3 is 0 Å². The zero-order valence-corrected chi connectivity index (χ0v) is 16.7. The molecule has 0 aromatic heterocycles. The van der Waals surface area contributed by atoms with Gasteiger partial charge in [0.15, 0.2) is 18.0 Å². The summed E-state index contributed by atoms with van der Waals surface area (Å²) in [7, 11) is 3.47. The predicted octanol–water partition coefficient (Wildman–Crippen LogP) is 2.31. The summed E-state index contributed by atoms with van der Waals surface area (Å²) in [4.78, 5) is 23.4. The van der Waals surface area contributed by atoms with Crippen LogP contribution in [0.3, 0.4) is 0 Å². The van der Waals surface area contributed by atoms with Gasteiger partial charge in [0.05, 0.1) is 36.4 Å². The third-order valence-corrected chi connectivity index (χ3v) is 4.25. The number of amides is 1. The topological polar surface area (TPSA) is 95.1 Å². The minimum atomic E-state index is -0.541. The van der Waals surface area contributed by atoms with Gasteiger partial charge < -0.3 is 19.7 Å². The summed E-state index contributed by atoms with van der Waals surface area (Å²) in [5, 5.41) is 13.6. The molecule has 0 bridgehead atoms. The number of carbonyl (C=O) groups is 1. The number of nitro groups is 1. The van der Waals surface area contributed by atoms with Crippen molar-refractivity contribution >= 4 is 28.9 Å². The van der Waals surface area contributed by atoms with Crippen LogP contribution in [0.2, 0.25) is 5.02 Å². The Balaban J connectivity index is 1.96. The number of likely N-dealkylation sites (N-methyl/N-ethyl adjacent to an activating group) is 1. The Bertz CT molecular complexity index is 859. The molecule has 0 aliphatic heterocycles. The van der Waals surface area contributed by atoms with E-state index in [9.17, 15) is 14.9 Å². The number of nitrogens with one attached hydrogen (secondary N) is 2. The number of anilines is 1. The first-order valence-corrected chi connectivity index (χ1v) is 9.06. The molecule has 0 aliphatic carbocycles. The normalized spacial score (nSPS) is 11.6. The molecular weight excluding hydrogens is 386 g/mol. The lowest BCUT2D eigenvalue weighted by Gasteiger charge is -2.16. The molecule has 8 nitrogen and oxygen atoms in total. The van der Waals surface area contributed by atoms with Gasteiger partial charge in [0, 0.05) is 17.7 Å². The van der Waals surface area contributed by atoms with Gasteiger partial charge in [0.1, 0.15) is 6.54 Å². The number of ether oxygens (including phenoxy) is 2. The first-order chi connectivity index (χ1) is 13.3. The SMILES string of the molecule is CCOc1ccc(C[NH+](C)CC(=O)Nc2ccc([N+](=O)[O-])cc2Cl)cc1OC. The average Bonchev–Trinajstić information content (AvgIpc) is 2.64. The van der Waals surface area contributed by atoms with Crippen LogP contribution in [-0.4, -0.2) is 38.1 Å². The minimum Gasteiger partial charge on any atom is -0.493 e. The number of benzene rings is 2. The van der Waals surface area contributed by atoms with Crippen molar-refractivity contribution in [2.75, 3.05) is 32.6 Å². The Morgan fingerprint density at radius 1 is 1.25 bits per heavy atom. The molecule has 2 aromatic rings. The Morgan fingerprint density at radius 2 is 2.00 bits per heavy atom. The zero-order valence-electron chi connectivity index (χ0n) is 16.0. The van der Waals surface area contributed by atoms with Crippen LogP contribution in [0.5, 0.6) is 11.5 Å². The molecule has 0 saturated carbocycles. The number of nitrogens with zero attached hydrogens (tertiary/aromatic N) is 1. The number of nitro benzene ring substituents is 1. The van der Waals surface area contributed by atoms with E-state index in [0.29, 0.717) is 30.3 Å². The molecule has 1 unspecified atom stereocenters. The molecule has 0 heterocycles. The summed E-state index contributed by atoms with van der Waals surface area (Å²) in [6, 6.07) is 9.60. The van der Waals surface area contributed by atoms with Crippen molar-refractivity contribution in [3.8, 4) is 11.5 Å². The number of methoxy groups -OCH3 is 1. The van der Waals surface area contributed by atoms with Gasteiger partial charge in [-0.2, -0.15) is 0 Å². The number of quaternary nitrogens is 1. The standard InChI is InChI=1S/C19H22ClN3O5/c1-4-28-17-8-5-13(9-18(17)27-3)11-22(2)12-19(24)21-16-7-6-14(23(25)26)10-15(16)20/h5-10H,4,11-12H2,1-3H3,(H,21,24)/p+1. The third kappa shape index (κ3) is 5.83. The largest absolute Gasteiger partial charge is 0.493 e. The van der Waals surface area contributed by atoms with Crippen LogP contribution in [0.15, 0.2) is 36.4 Å². The van der Waals surface area contributed by atoms with E-state index < -0.39 is 4.92 Å². The maximum Gasteiger partial charge on any atom is 0.279 e. The molecule has 0 aliphatic rings. The molecule has 2 aromatic carbocycles. The third-order valence-electron chi connectivity index (χ3n) is 3.93. The Kier molecular flexibility index (Phi) is 7.60. The monoisotopic (exact) mass is 408 g/mol. The van der Waals surface area contributed by atoms with Gasteiger partial charge in [-0.1, -0.05) is 11.6 Å². The molecule has 9 heteroatoms. The Morgan fingerprint density at radius 3 is 2.61 bits per heavy atom. The number of non-ortho nitro benzene ring substituents is 1. The summed E-state index contributed by atoms with van der Waals surface area (Å²) in [6.45, 7) is 3.25. The maximum absolute atomic E-state index is 12.3. The van der Waals surface area contributed by atoms with Crippen LogP contribution in [0, 0.1) is 10.1 Å². The van der Waals surface area contributed by atoms with Gasteiger partial charge in [0.2, 0.25) is 0 Å². The first-order valence-electron chi connectivity index (χ1n) is 8.68. The summed E-state index contributed by atoms with van der Waals surface area (Å²) >= 11 is 6.01. The van der Waals surface area contributed by atoms with Crippen LogP contribution in [0.4, 0.5) is 11.4 Å². The van der Waals surface area contributed by atoms with Crippen molar-refractivity contribution in [3.05, 3.63) is 57.1 Å². The summed E-state index contributed by atoms with van der Waals surface area (Å²) in [5.74, 6) is 1.08. The van der Waals surface area contributed by atoms with Crippen LogP contribution in [-0.2, 0) is 11.3 Å². The molecule has 2 rings (SSSR count). The second kappa shape index (κ2) is 9.91. The fourth-order valence-electron chi connectivity index (χ4n) is 2.70. The second-order valence-corrected chi connectivity index (χ2v) is 6.61. The lowest BCUT2D eigenvalue weighted by atomic mass is 10.2. The van der Waals surface area contributed by atoms with Gasteiger partial charge in [0.25, 0.3) is 11.6 Å². The van der Waals surface area contributed by atoms with Crippen molar-refractivity contribution < 1.29 is 24.1 Å². The zero-order chi connectivity index (χ0) is 20.7. The Labute approximate surface area is 168 Å². The number of rotatable bonds is 9. The maximum atomic E-state index is 12.3. The van der Waals surface area contributed by atoms with Crippen LogP contribution < -0.4 is 19.7 Å². The van der Waals surface area contributed by atoms with Gasteiger partial charge in [-0.3, -0.25) is 14.9 Å². The lowest BCUT2D eigenvalue weighted by molar-refractivity contribution is -0.885. The summed E-state index contributed by atoms with van der Waals surface area (Å²) in [5.41, 5.74) is 1.21. The molecule has 150 valence electrons. The summed E-state index contributed by atoms with van der Waals surface area (Å²) in [6.07, 6.45) is 0. The van der Waals surface area contributed by atoms with E-state index in [1.165, 1.54) is 18.2 Å². The van der Waals surface area contributed by atoms with Gasteiger partial charge in [-0.05, 0) is 31.2 Å². The van der Waals surface area contributed by atoms with E-state index in [1.54, 1.807) is 7.11 Å². The molecular formula is C19H23ClN3O5+. The number of halogens is 1. The fourth-order valence-corrected chi connectivity index (χ4v) is 2.92. The van der Waals surface area contributed by atoms with Crippen molar-refractivity contribution in [2.45, 2.75) is 13.5 Å². The second-order valence-electron chi connectivity index (χ2n) is 6.20. The summed E-state index contributed by atoms with van der Waals surface area (Å²) < 4.78 is 10.8. The van der Waals surface area contributed by atoms with Crippen LogP contribution >= 0.6 is 11.6 Å². The number of carbonyl (C=O) groups excluding carboxylic acids is 1. The van der Waals surface area contributed by atoms with Gasteiger partial charge in [-0.25, -0.2) is 0 Å². The van der Waals surface area contributed by atoms with Crippen molar-refractivity contribution in [2.24, 2.45) is 0 Å². The Hall–Kier alpha value is -2.84. The highest BCUT2D eigenvalue weighted by Gasteiger charge is 2.15.